The summed E-state index contributed by atoms with van der Waals surface area (Å²) >= 11 is 11.5. The molecule has 0 unspecified atom stereocenters. The number of carbonyl (C=O) groups excluding carboxylic acids is 2. The van der Waals surface area contributed by atoms with Crippen molar-refractivity contribution >= 4 is 46.4 Å². The summed E-state index contributed by atoms with van der Waals surface area (Å²) in [6.45, 7) is 4.21. The van der Waals surface area contributed by atoms with Gasteiger partial charge in [-0.1, -0.05) is 29.9 Å². The monoisotopic (exact) mass is 403 g/mol. The summed E-state index contributed by atoms with van der Waals surface area (Å²) < 4.78 is 20.3. The normalized spacial score (nSPS) is 10.3. The van der Waals surface area contributed by atoms with Crippen molar-refractivity contribution in [2.45, 2.75) is 13.8 Å². The molecule has 0 saturated carbocycles. The van der Waals surface area contributed by atoms with Gasteiger partial charge >= 0.3 is 11.9 Å². The van der Waals surface area contributed by atoms with Crippen molar-refractivity contribution in [3.8, 4) is 5.75 Å². The number of methoxy groups -OCH3 is 1. The Morgan fingerprint density at radius 3 is 2.31 bits per heavy atom. The zero-order valence-electron chi connectivity index (χ0n) is 14.9. The molecule has 1 N–H and O–H groups in total. The molecule has 0 spiro atoms. The summed E-state index contributed by atoms with van der Waals surface area (Å²) in [5, 5.41) is 3.07. The molecule has 0 aliphatic heterocycles. The van der Waals surface area contributed by atoms with E-state index < -0.39 is 17.9 Å². The Kier molecular flexibility index (Phi) is 9.93. The van der Waals surface area contributed by atoms with E-state index >= 15 is 0 Å². The Labute approximate surface area is 162 Å². The fourth-order valence-corrected chi connectivity index (χ4v) is 2.45. The molecule has 0 atom stereocenters. The van der Waals surface area contributed by atoms with Gasteiger partial charge in [-0.15, -0.1) is 0 Å². The molecule has 9 heteroatoms. The Balaban J connectivity index is 2.96. The van der Waals surface area contributed by atoms with Crippen LogP contribution >= 0.6 is 23.8 Å². The molecule has 0 aliphatic rings. The summed E-state index contributed by atoms with van der Waals surface area (Å²) in [4.78, 5) is 24.1. The van der Waals surface area contributed by atoms with Crippen LogP contribution in [0, 0.1) is 5.92 Å². The lowest BCUT2D eigenvalue weighted by Crippen LogP contribution is -2.37. The summed E-state index contributed by atoms with van der Waals surface area (Å²) in [6.07, 6.45) is 0. The van der Waals surface area contributed by atoms with Gasteiger partial charge in [0.2, 0.25) is 5.92 Å². The van der Waals surface area contributed by atoms with Crippen LogP contribution in [0.5, 0.6) is 5.75 Å². The largest absolute Gasteiger partial charge is 0.490 e. The zero-order chi connectivity index (χ0) is 19.5. The highest BCUT2D eigenvalue weighted by molar-refractivity contribution is 7.80. The summed E-state index contributed by atoms with van der Waals surface area (Å²) in [6, 6.07) is 5.02. The maximum absolute atomic E-state index is 12.1. The molecule has 26 heavy (non-hydrogen) atoms. The maximum atomic E-state index is 12.1. The van der Waals surface area contributed by atoms with Gasteiger partial charge in [0.05, 0.1) is 25.5 Å². The van der Waals surface area contributed by atoms with Crippen LogP contribution in [0.2, 0.25) is 5.02 Å². The predicted molar refractivity (Wildman–Crippen MR) is 102 cm³/mol. The van der Waals surface area contributed by atoms with Crippen LogP contribution in [-0.2, 0) is 23.8 Å². The first-order valence-electron chi connectivity index (χ1n) is 8.00. The molecule has 0 aromatic heterocycles. The molecule has 0 fully saturated rings. The Bertz CT molecular complexity index is 622. The minimum atomic E-state index is -1.38. The number of thiocarbonyl (C=S) groups is 1. The van der Waals surface area contributed by atoms with Gasteiger partial charge in [-0.2, -0.15) is 0 Å². The first-order chi connectivity index (χ1) is 12.5. The van der Waals surface area contributed by atoms with Crippen LogP contribution in [0.15, 0.2) is 18.2 Å². The van der Waals surface area contributed by atoms with Crippen molar-refractivity contribution in [1.82, 2.24) is 0 Å². The summed E-state index contributed by atoms with van der Waals surface area (Å²) in [5.41, 5.74) is 0.394. The lowest BCUT2D eigenvalue weighted by molar-refractivity contribution is -0.157. The number of rotatable bonds is 10. The van der Waals surface area contributed by atoms with Crippen LogP contribution < -0.4 is 10.1 Å². The second-order valence-corrected chi connectivity index (χ2v) is 5.70. The molecular formula is C17H22ClNO6S. The van der Waals surface area contributed by atoms with E-state index in [1.165, 1.54) is 0 Å². The standard InChI is InChI=1S/C17H22ClNO6S/c1-4-23-16(20)13(17(21)24-5-2)15(26)19-11-7-6-8-12(14(11)18)25-10-9-22-3/h6-8,13H,4-5,9-10H2,1-3H3,(H,19,26). The van der Waals surface area contributed by atoms with Crippen molar-refractivity contribution in [1.29, 1.82) is 0 Å². The van der Waals surface area contributed by atoms with Gasteiger partial charge < -0.3 is 24.3 Å². The van der Waals surface area contributed by atoms with Gasteiger partial charge in [0, 0.05) is 7.11 Å². The SMILES string of the molecule is CCOC(=O)C(C(=O)OCC)C(=S)Nc1cccc(OCCOC)c1Cl. The first kappa shape index (κ1) is 22.1. The third-order valence-corrected chi connectivity index (χ3v) is 3.80. The quantitative estimate of drug-likeness (QED) is 0.276. The number of halogens is 1. The van der Waals surface area contributed by atoms with Crippen molar-refractivity contribution in [3.63, 3.8) is 0 Å². The third kappa shape index (κ3) is 6.44. The molecule has 7 nitrogen and oxygen atoms in total. The van der Waals surface area contributed by atoms with Crippen molar-refractivity contribution in [2.75, 3.05) is 38.9 Å². The van der Waals surface area contributed by atoms with Gasteiger partial charge in [-0.3, -0.25) is 9.59 Å². The van der Waals surface area contributed by atoms with Crippen molar-refractivity contribution < 1.29 is 28.5 Å². The van der Waals surface area contributed by atoms with Gasteiger partial charge in [0.15, 0.2) is 0 Å². The third-order valence-electron chi connectivity index (χ3n) is 3.07. The van der Waals surface area contributed by atoms with E-state index in [0.717, 1.165) is 0 Å². The number of esters is 2. The number of ether oxygens (including phenoxy) is 4. The number of hydrogen-bond acceptors (Lipinski definition) is 7. The van der Waals surface area contributed by atoms with Gasteiger partial charge in [-0.25, -0.2) is 0 Å². The molecule has 1 aromatic rings. The van der Waals surface area contributed by atoms with Gasteiger partial charge in [-0.05, 0) is 26.0 Å². The molecule has 0 radical (unpaired) electrons. The fourth-order valence-electron chi connectivity index (χ4n) is 1.92. The molecule has 0 aliphatic carbocycles. The summed E-state index contributed by atoms with van der Waals surface area (Å²) in [5.74, 6) is -2.53. The minimum absolute atomic E-state index is 0.0714. The van der Waals surface area contributed by atoms with E-state index in [0.29, 0.717) is 24.7 Å². The van der Waals surface area contributed by atoms with E-state index in [9.17, 15) is 9.59 Å². The van der Waals surface area contributed by atoms with Crippen molar-refractivity contribution in [3.05, 3.63) is 23.2 Å². The Morgan fingerprint density at radius 1 is 1.15 bits per heavy atom. The highest BCUT2D eigenvalue weighted by Crippen LogP contribution is 2.32. The van der Waals surface area contributed by atoms with Gasteiger partial charge in [0.25, 0.3) is 0 Å². The number of nitrogens with one attached hydrogen (secondary N) is 1. The van der Waals surface area contributed by atoms with Gasteiger partial charge in [0.1, 0.15) is 22.4 Å². The minimum Gasteiger partial charge on any atom is -0.490 e. The molecule has 0 bridgehead atoms. The Hall–Kier alpha value is -1.90. The van der Waals surface area contributed by atoms with E-state index in [4.69, 9.17) is 42.8 Å². The summed E-state index contributed by atoms with van der Waals surface area (Å²) in [7, 11) is 1.56. The zero-order valence-corrected chi connectivity index (χ0v) is 16.4. The lowest BCUT2D eigenvalue weighted by Gasteiger charge is -2.18. The molecule has 1 aromatic carbocycles. The lowest BCUT2D eigenvalue weighted by atomic mass is 10.1. The first-order valence-corrected chi connectivity index (χ1v) is 8.79. The van der Waals surface area contributed by atoms with E-state index in [1.807, 2.05) is 0 Å². The molecule has 0 heterocycles. The fraction of sp³-hybridized carbons (Fsp3) is 0.471. The van der Waals surface area contributed by atoms with Crippen LogP contribution in [0.1, 0.15) is 13.8 Å². The second-order valence-electron chi connectivity index (χ2n) is 4.89. The molecule has 0 amide bonds. The second kappa shape index (κ2) is 11.7. The van der Waals surface area contributed by atoms with Crippen molar-refractivity contribution in [2.24, 2.45) is 5.92 Å². The van der Waals surface area contributed by atoms with Crippen LogP contribution in [0.4, 0.5) is 5.69 Å². The number of anilines is 1. The molecular weight excluding hydrogens is 382 g/mol. The highest BCUT2D eigenvalue weighted by atomic mass is 35.5. The number of hydrogen-bond donors (Lipinski definition) is 1. The average Bonchev–Trinajstić information content (AvgIpc) is 2.59. The Morgan fingerprint density at radius 2 is 1.77 bits per heavy atom. The van der Waals surface area contributed by atoms with Crippen LogP contribution in [0.25, 0.3) is 0 Å². The van der Waals surface area contributed by atoms with E-state index in [-0.39, 0.29) is 23.2 Å². The maximum Gasteiger partial charge on any atom is 0.327 e. The van der Waals surface area contributed by atoms with E-state index in [1.54, 1.807) is 39.2 Å². The topological polar surface area (TPSA) is 83.1 Å². The molecule has 1 rings (SSSR count). The molecule has 0 saturated heterocycles. The highest BCUT2D eigenvalue weighted by Gasteiger charge is 2.34. The van der Waals surface area contributed by atoms with Crippen LogP contribution in [-0.4, -0.2) is 50.5 Å². The number of benzene rings is 1. The average molecular weight is 404 g/mol. The van der Waals surface area contributed by atoms with Crippen LogP contribution in [0.3, 0.4) is 0 Å². The number of carbonyl (C=O) groups is 2. The smallest absolute Gasteiger partial charge is 0.327 e. The predicted octanol–water partition coefficient (Wildman–Crippen LogP) is 2.85. The van der Waals surface area contributed by atoms with E-state index in [2.05, 4.69) is 5.32 Å². The molecule has 144 valence electrons.